The summed E-state index contributed by atoms with van der Waals surface area (Å²) in [7, 11) is 0. The van der Waals surface area contributed by atoms with Crippen LogP contribution in [0.4, 0.5) is 17.5 Å². The Kier molecular flexibility index (Phi) is 4.62. The van der Waals surface area contributed by atoms with Crippen molar-refractivity contribution in [3.05, 3.63) is 41.6 Å². The Bertz CT molecular complexity index is 919. The van der Waals surface area contributed by atoms with Crippen molar-refractivity contribution in [3.8, 4) is 12.1 Å². The average molecular weight is 360 g/mol. The van der Waals surface area contributed by atoms with Gasteiger partial charge in [0.2, 0.25) is 0 Å². The largest absolute Gasteiger partial charge is 0.381 e. The lowest BCUT2D eigenvalue weighted by Crippen LogP contribution is -2.38. The van der Waals surface area contributed by atoms with Gasteiger partial charge in [-0.2, -0.15) is 10.5 Å². The third-order valence-electron chi connectivity index (χ3n) is 5.25. The van der Waals surface area contributed by atoms with Crippen LogP contribution in [-0.2, 0) is 10.2 Å². The molecule has 4 heterocycles. The molecule has 7 nitrogen and oxygen atoms in total. The summed E-state index contributed by atoms with van der Waals surface area (Å²) in [6.45, 7) is 3.12. The quantitative estimate of drug-likeness (QED) is 0.895. The molecule has 1 N–H and O–H groups in total. The summed E-state index contributed by atoms with van der Waals surface area (Å²) in [6, 6.07) is 12.0. The van der Waals surface area contributed by atoms with Crippen LogP contribution in [0.1, 0.15) is 30.4 Å². The van der Waals surface area contributed by atoms with E-state index in [1.807, 2.05) is 12.1 Å². The topological polar surface area (TPSA) is 97.9 Å². The second-order valence-corrected chi connectivity index (χ2v) is 6.91. The van der Waals surface area contributed by atoms with E-state index in [1.165, 1.54) is 0 Å². The van der Waals surface area contributed by atoms with Crippen LogP contribution in [0, 0.1) is 22.7 Å². The number of nitriles is 2. The first-order valence-corrected chi connectivity index (χ1v) is 9.12. The summed E-state index contributed by atoms with van der Waals surface area (Å²) < 4.78 is 5.48. The number of aromatic nitrogens is 2. The maximum atomic E-state index is 9.94. The first-order valence-electron chi connectivity index (χ1n) is 9.12. The number of rotatable bonds is 4. The fourth-order valence-corrected chi connectivity index (χ4v) is 3.45. The zero-order valence-electron chi connectivity index (χ0n) is 15.0. The van der Waals surface area contributed by atoms with Gasteiger partial charge in [-0.3, -0.25) is 0 Å². The molecule has 2 fully saturated rings. The molecule has 0 saturated carbocycles. The molecule has 2 aromatic heterocycles. The second kappa shape index (κ2) is 7.22. The number of hydrogen-bond acceptors (Lipinski definition) is 7. The Hall–Kier alpha value is -3.16. The second-order valence-electron chi connectivity index (χ2n) is 6.91. The minimum absolute atomic E-state index is 0.532. The van der Waals surface area contributed by atoms with Crippen molar-refractivity contribution >= 4 is 17.5 Å². The normalized spacial score (nSPS) is 18.1. The fraction of sp³-hybridized carbons (Fsp3) is 0.400. The molecule has 0 spiro atoms. The van der Waals surface area contributed by atoms with Gasteiger partial charge < -0.3 is 15.0 Å². The number of ether oxygens (including phenoxy) is 1. The summed E-state index contributed by atoms with van der Waals surface area (Å²) in [4.78, 5) is 11.2. The predicted octanol–water partition coefficient (Wildman–Crippen LogP) is 2.87. The Morgan fingerprint density at radius 3 is 2.59 bits per heavy atom. The third kappa shape index (κ3) is 3.42. The van der Waals surface area contributed by atoms with Gasteiger partial charge in [-0.15, -0.1) is 0 Å². The highest BCUT2D eigenvalue weighted by atomic mass is 16.5. The predicted molar refractivity (Wildman–Crippen MR) is 101 cm³/mol. The smallest absolute Gasteiger partial charge is 0.134 e. The maximum absolute atomic E-state index is 9.94. The number of pyridine rings is 2. The standard InChI is InChI=1S/C20H20N6O/c21-13-15-2-5-23-17(10-15)24-18-11-16(12-19(25-18)26-6-1-7-26)20(14-22)3-8-27-9-4-20/h2,5,10-12H,1,3-4,6-9H2,(H,23,24,25). The van der Waals surface area contributed by atoms with E-state index >= 15 is 0 Å². The zero-order chi connectivity index (χ0) is 18.7. The molecule has 4 rings (SSSR count). The van der Waals surface area contributed by atoms with Crippen LogP contribution in [0.3, 0.4) is 0 Å². The molecule has 2 aliphatic heterocycles. The van der Waals surface area contributed by atoms with Gasteiger partial charge in [-0.25, -0.2) is 9.97 Å². The van der Waals surface area contributed by atoms with E-state index in [-0.39, 0.29) is 0 Å². The molecule has 0 atom stereocenters. The van der Waals surface area contributed by atoms with Crippen molar-refractivity contribution in [3.63, 3.8) is 0 Å². The summed E-state index contributed by atoms with van der Waals surface area (Å²) in [5.74, 6) is 2.07. The number of hydrogen-bond donors (Lipinski definition) is 1. The van der Waals surface area contributed by atoms with E-state index in [1.54, 1.807) is 18.3 Å². The highest BCUT2D eigenvalue weighted by Gasteiger charge is 2.36. The molecule has 0 aromatic carbocycles. The van der Waals surface area contributed by atoms with Gasteiger partial charge in [0.15, 0.2) is 0 Å². The van der Waals surface area contributed by atoms with Crippen molar-refractivity contribution in [2.45, 2.75) is 24.7 Å². The molecule has 2 saturated heterocycles. The number of nitrogens with one attached hydrogen (secondary N) is 1. The maximum Gasteiger partial charge on any atom is 0.134 e. The molecule has 27 heavy (non-hydrogen) atoms. The average Bonchev–Trinajstić information content (AvgIpc) is 2.67. The van der Waals surface area contributed by atoms with Crippen molar-refractivity contribution in [2.24, 2.45) is 0 Å². The fourth-order valence-electron chi connectivity index (χ4n) is 3.45. The van der Waals surface area contributed by atoms with E-state index < -0.39 is 5.41 Å². The van der Waals surface area contributed by atoms with E-state index in [2.05, 4.69) is 27.3 Å². The molecule has 2 aliphatic rings. The number of anilines is 3. The molecular formula is C20H20N6O. The van der Waals surface area contributed by atoms with Gasteiger partial charge in [0.05, 0.1) is 23.1 Å². The number of nitrogens with zero attached hydrogens (tertiary/aromatic N) is 5. The Morgan fingerprint density at radius 2 is 1.93 bits per heavy atom. The SMILES string of the molecule is N#Cc1ccnc(Nc2cc(C3(C#N)CCOCC3)cc(N3CCC3)n2)c1. The summed E-state index contributed by atoms with van der Waals surface area (Å²) in [5, 5.41) is 22.2. The van der Waals surface area contributed by atoms with E-state index in [4.69, 9.17) is 15.0 Å². The zero-order valence-corrected chi connectivity index (χ0v) is 15.0. The van der Waals surface area contributed by atoms with Crippen molar-refractivity contribution < 1.29 is 4.74 Å². The lowest BCUT2D eigenvalue weighted by atomic mass is 9.75. The highest BCUT2D eigenvalue weighted by molar-refractivity contribution is 5.60. The van der Waals surface area contributed by atoms with Gasteiger partial charge in [-0.1, -0.05) is 0 Å². The van der Waals surface area contributed by atoms with Crippen LogP contribution >= 0.6 is 0 Å². The molecule has 0 aliphatic carbocycles. The third-order valence-corrected chi connectivity index (χ3v) is 5.25. The van der Waals surface area contributed by atoms with Crippen LogP contribution in [0.2, 0.25) is 0 Å². The van der Waals surface area contributed by atoms with Crippen LogP contribution in [0.15, 0.2) is 30.5 Å². The monoisotopic (exact) mass is 360 g/mol. The highest BCUT2D eigenvalue weighted by Crippen LogP contribution is 2.37. The van der Waals surface area contributed by atoms with E-state index in [0.29, 0.717) is 43.3 Å². The summed E-state index contributed by atoms with van der Waals surface area (Å²) >= 11 is 0. The van der Waals surface area contributed by atoms with Gasteiger partial charge in [-0.05, 0) is 49.1 Å². The van der Waals surface area contributed by atoms with Gasteiger partial charge in [0, 0.05) is 32.5 Å². The van der Waals surface area contributed by atoms with Crippen molar-refractivity contribution in [1.29, 1.82) is 10.5 Å². The first kappa shape index (κ1) is 17.3. The summed E-state index contributed by atoms with van der Waals surface area (Å²) in [5.41, 5.74) is 0.938. The molecule has 2 aromatic rings. The van der Waals surface area contributed by atoms with Crippen LogP contribution < -0.4 is 10.2 Å². The molecule has 7 heteroatoms. The lowest BCUT2D eigenvalue weighted by Gasteiger charge is -2.35. The van der Waals surface area contributed by atoms with Gasteiger partial charge in [0.25, 0.3) is 0 Å². The Morgan fingerprint density at radius 1 is 1.11 bits per heavy atom. The molecule has 0 radical (unpaired) electrons. The van der Waals surface area contributed by atoms with Crippen LogP contribution in [-0.4, -0.2) is 36.3 Å². The van der Waals surface area contributed by atoms with Crippen molar-refractivity contribution in [1.82, 2.24) is 9.97 Å². The lowest BCUT2D eigenvalue weighted by molar-refractivity contribution is 0.0675. The summed E-state index contributed by atoms with van der Waals surface area (Å²) in [6.07, 6.45) is 4.09. The molecule has 136 valence electrons. The van der Waals surface area contributed by atoms with E-state index in [9.17, 15) is 5.26 Å². The van der Waals surface area contributed by atoms with E-state index in [0.717, 1.165) is 30.9 Å². The Balaban J connectivity index is 1.72. The molecule has 0 bridgehead atoms. The molecule has 0 unspecified atom stereocenters. The Labute approximate surface area is 158 Å². The van der Waals surface area contributed by atoms with Gasteiger partial charge >= 0.3 is 0 Å². The minimum Gasteiger partial charge on any atom is -0.381 e. The minimum atomic E-state index is -0.556. The van der Waals surface area contributed by atoms with Crippen LogP contribution in [0.25, 0.3) is 0 Å². The van der Waals surface area contributed by atoms with Crippen molar-refractivity contribution in [2.75, 3.05) is 36.5 Å². The van der Waals surface area contributed by atoms with Crippen LogP contribution in [0.5, 0.6) is 0 Å². The molecular weight excluding hydrogens is 340 g/mol. The van der Waals surface area contributed by atoms with Gasteiger partial charge in [0.1, 0.15) is 17.5 Å². The first-order chi connectivity index (χ1) is 13.2. The molecule has 0 amide bonds.